The summed E-state index contributed by atoms with van der Waals surface area (Å²) < 4.78 is 0. The molecule has 0 aromatic carbocycles. The fourth-order valence-corrected chi connectivity index (χ4v) is 5.19. The summed E-state index contributed by atoms with van der Waals surface area (Å²) in [4.78, 5) is 26.7. The third kappa shape index (κ3) is 3.63. The van der Waals surface area contributed by atoms with Gasteiger partial charge in [0.2, 0.25) is 5.91 Å². The van der Waals surface area contributed by atoms with Crippen LogP contribution in [0.15, 0.2) is 28.9 Å². The minimum atomic E-state index is 0.146. The molecule has 3 aromatic heterocycles. The lowest BCUT2D eigenvalue weighted by Gasteiger charge is -2.19. The van der Waals surface area contributed by atoms with E-state index in [1.165, 1.54) is 27.1 Å². The second kappa shape index (κ2) is 7.63. The zero-order valence-corrected chi connectivity index (χ0v) is 16.4. The van der Waals surface area contributed by atoms with Gasteiger partial charge in [0, 0.05) is 21.7 Å². The summed E-state index contributed by atoms with van der Waals surface area (Å²) in [5, 5.41) is 4.04. The summed E-state index contributed by atoms with van der Waals surface area (Å²) in [5.74, 6) is 0.548. The second-order valence-electron chi connectivity index (χ2n) is 5.42. The lowest BCUT2D eigenvalue weighted by molar-refractivity contribution is -0.128. The largest absolute Gasteiger partial charge is 0.337 e. The van der Waals surface area contributed by atoms with E-state index in [2.05, 4.69) is 29.9 Å². The fraction of sp³-hybridized carbons (Fsp3) is 0.353. The quantitative estimate of drug-likeness (QED) is 0.468. The molecular formula is C17H19N3OS3. The van der Waals surface area contributed by atoms with Crippen molar-refractivity contribution in [1.29, 1.82) is 0 Å². The minimum absolute atomic E-state index is 0.146. The molecule has 0 radical (unpaired) electrons. The lowest BCUT2D eigenvalue weighted by atomic mass is 10.2. The maximum atomic E-state index is 12.6. The average Bonchev–Trinajstić information content (AvgIpc) is 3.19. The molecule has 3 heterocycles. The molecule has 126 valence electrons. The molecule has 0 spiro atoms. The van der Waals surface area contributed by atoms with E-state index in [0.29, 0.717) is 18.8 Å². The number of rotatable bonds is 6. The van der Waals surface area contributed by atoms with Crippen molar-refractivity contribution in [1.82, 2.24) is 14.9 Å². The van der Waals surface area contributed by atoms with Crippen molar-refractivity contribution in [3.05, 3.63) is 39.2 Å². The van der Waals surface area contributed by atoms with Crippen LogP contribution in [0.25, 0.3) is 10.2 Å². The van der Waals surface area contributed by atoms with Gasteiger partial charge in [-0.3, -0.25) is 4.79 Å². The third-order valence-corrected chi connectivity index (χ3v) is 6.87. The van der Waals surface area contributed by atoms with Crippen molar-refractivity contribution in [3.8, 4) is 0 Å². The molecule has 0 aliphatic rings. The van der Waals surface area contributed by atoms with Gasteiger partial charge in [-0.2, -0.15) is 0 Å². The van der Waals surface area contributed by atoms with Gasteiger partial charge in [-0.1, -0.05) is 17.8 Å². The first-order valence-electron chi connectivity index (χ1n) is 7.73. The van der Waals surface area contributed by atoms with E-state index >= 15 is 0 Å². The molecule has 0 fully saturated rings. The van der Waals surface area contributed by atoms with Gasteiger partial charge in [0.25, 0.3) is 0 Å². The summed E-state index contributed by atoms with van der Waals surface area (Å²) in [7, 11) is 0. The topological polar surface area (TPSA) is 46.1 Å². The molecule has 3 aromatic rings. The number of thiophene rings is 2. The Morgan fingerprint density at radius 3 is 2.88 bits per heavy atom. The van der Waals surface area contributed by atoms with E-state index in [0.717, 1.165) is 15.2 Å². The number of carbonyl (C=O) groups excluding carboxylic acids is 1. The van der Waals surface area contributed by atoms with Crippen LogP contribution in [0.4, 0.5) is 0 Å². The van der Waals surface area contributed by atoms with E-state index in [-0.39, 0.29) is 5.91 Å². The van der Waals surface area contributed by atoms with Gasteiger partial charge >= 0.3 is 0 Å². The maximum Gasteiger partial charge on any atom is 0.233 e. The summed E-state index contributed by atoms with van der Waals surface area (Å²) >= 11 is 4.88. The monoisotopic (exact) mass is 377 g/mol. The van der Waals surface area contributed by atoms with Crippen LogP contribution in [-0.2, 0) is 11.3 Å². The van der Waals surface area contributed by atoms with Gasteiger partial charge in [-0.25, -0.2) is 9.97 Å². The molecule has 7 heteroatoms. The molecule has 0 saturated carbocycles. The fourth-order valence-electron chi connectivity index (χ4n) is 2.45. The Labute approximate surface area is 153 Å². The highest BCUT2D eigenvalue weighted by molar-refractivity contribution is 8.00. The number of fused-ring (bicyclic) bond motifs is 1. The minimum Gasteiger partial charge on any atom is -0.337 e. The smallest absolute Gasteiger partial charge is 0.233 e. The number of amides is 1. The van der Waals surface area contributed by atoms with Crippen LogP contribution in [0.5, 0.6) is 0 Å². The van der Waals surface area contributed by atoms with Crippen LogP contribution >= 0.6 is 34.4 Å². The molecule has 0 aliphatic heterocycles. The van der Waals surface area contributed by atoms with Crippen molar-refractivity contribution >= 4 is 50.6 Å². The number of carbonyl (C=O) groups is 1. The zero-order chi connectivity index (χ0) is 17.1. The molecule has 4 nitrogen and oxygen atoms in total. The molecule has 0 atom stereocenters. The Morgan fingerprint density at radius 1 is 1.33 bits per heavy atom. The number of hydrogen-bond donors (Lipinski definition) is 0. The van der Waals surface area contributed by atoms with E-state index in [9.17, 15) is 4.79 Å². The predicted octanol–water partition coefficient (Wildman–Crippen LogP) is 4.51. The number of aromatic nitrogens is 2. The second-order valence-corrected chi connectivity index (χ2v) is 8.62. The van der Waals surface area contributed by atoms with Gasteiger partial charge < -0.3 is 4.90 Å². The molecule has 3 rings (SSSR count). The van der Waals surface area contributed by atoms with E-state index < -0.39 is 0 Å². The number of hydrogen-bond acceptors (Lipinski definition) is 6. The third-order valence-electron chi connectivity index (χ3n) is 3.92. The van der Waals surface area contributed by atoms with Gasteiger partial charge in [0.15, 0.2) is 0 Å². The van der Waals surface area contributed by atoms with Crippen molar-refractivity contribution < 1.29 is 4.79 Å². The number of nitrogens with zero attached hydrogens (tertiary/aromatic N) is 3. The molecule has 0 unspecified atom stereocenters. The Bertz CT molecular complexity index is 842. The normalized spacial score (nSPS) is 11.1. The Kier molecular flexibility index (Phi) is 5.53. The molecule has 0 bridgehead atoms. The molecule has 1 amide bonds. The summed E-state index contributed by atoms with van der Waals surface area (Å²) in [5.41, 5.74) is 1.22. The Morgan fingerprint density at radius 2 is 2.17 bits per heavy atom. The van der Waals surface area contributed by atoms with Crippen LogP contribution in [0.2, 0.25) is 0 Å². The van der Waals surface area contributed by atoms with Gasteiger partial charge in [0.05, 0.1) is 12.3 Å². The van der Waals surface area contributed by atoms with Crippen molar-refractivity contribution in [2.45, 2.75) is 32.3 Å². The van der Waals surface area contributed by atoms with E-state index in [4.69, 9.17) is 0 Å². The van der Waals surface area contributed by atoms with Crippen molar-refractivity contribution in [2.24, 2.45) is 0 Å². The highest BCUT2D eigenvalue weighted by Gasteiger charge is 2.16. The van der Waals surface area contributed by atoms with Gasteiger partial charge in [0.1, 0.15) is 16.2 Å². The Balaban J connectivity index is 1.72. The standard InChI is InChI=1S/C17H19N3OS3/c1-4-20(8-13-6-5-7-22-13)14(21)9-23-16-15-11(2)12(3)24-17(15)19-10-18-16/h5-7,10H,4,8-9H2,1-3H3. The SMILES string of the molecule is CCN(Cc1cccs1)C(=O)CSc1ncnc2sc(C)c(C)c12. The van der Waals surface area contributed by atoms with Crippen molar-refractivity contribution in [2.75, 3.05) is 12.3 Å². The summed E-state index contributed by atoms with van der Waals surface area (Å²) in [6, 6.07) is 4.09. The van der Waals surface area contributed by atoms with Gasteiger partial charge in [-0.15, -0.1) is 22.7 Å². The summed E-state index contributed by atoms with van der Waals surface area (Å²) in [6.07, 6.45) is 1.59. The van der Waals surface area contributed by atoms with E-state index in [1.807, 2.05) is 23.3 Å². The predicted molar refractivity (Wildman–Crippen MR) is 103 cm³/mol. The molecule has 0 N–H and O–H groups in total. The van der Waals surface area contributed by atoms with Crippen LogP contribution in [-0.4, -0.2) is 33.1 Å². The Hall–Kier alpha value is -1.44. The van der Waals surface area contributed by atoms with Crippen LogP contribution in [0.1, 0.15) is 22.2 Å². The highest BCUT2D eigenvalue weighted by Crippen LogP contribution is 2.34. The molecule has 24 heavy (non-hydrogen) atoms. The summed E-state index contributed by atoms with van der Waals surface area (Å²) in [6.45, 7) is 7.61. The van der Waals surface area contributed by atoms with E-state index in [1.54, 1.807) is 29.0 Å². The molecular weight excluding hydrogens is 358 g/mol. The number of aryl methyl sites for hydroxylation is 2. The average molecular weight is 378 g/mol. The maximum absolute atomic E-state index is 12.6. The first-order chi connectivity index (χ1) is 11.6. The molecule has 0 aliphatic carbocycles. The van der Waals surface area contributed by atoms with Crippen molar-refractivity contribution in [3.63, 3.8) is 0 Å². The highest BCUT2D eigenvalue weighted by atomic mass is 32.2. The molecule has 0 saturated heterocycles. The first-order valence-corrected chi connectivity index (χ1v) is 10.4. The zero-order valence-electron chi connectivity index (χ0n) is 13.9. The van der Waals surface area contributed by atoms with Crippen LogP contribution < -0.4 is 0 Å². The lowest BCUT2D eigenvalue weighted by Crippen LogP contribution is -2.31. The van der Waals surface area contributed by atoms with Crippen LogP contribution in [0, 0.1) is 13.8 Å². The first kappa shape index (κ1) is 17.4. The number of thioether (sulfide) groups is 1. The van der Waals surface area contributed by atoms with Crippen LogP contribution in [0.3, 0.4) is 0 Å². The van der Waals surface area contributed by atoms with Gasteiger partial charge in [-0.05, 0) is 37.8 Å².